The smallest absolute Gasteiger partial charge is 0.201 e. The highest BCUT2D eigenvalue weighted by Crippen LogP contribution is 2.40. The molecule has 0 spiro atoms. The average molecular weight is 383 g/mol. The molecular weight excluding hydrogens is 354 g/mol. The fourth-order valence-electron chi connectivity index (χ4n) is 5.14. The average Bonchev–Trinajstić information content (AvgIpc) is 3.40. The van der Waals surface area contributed by atoms with Crippen molar-refractivity contribution >= 4 is 22.3 Å². The van der Waals surface area contributed by atoms with Crippen LogP contribution in [0.1, 0.15) is 44.7 Å². The third kappa shape index (κ3) is 2.81. The van der Waals surface area contributed by atoms with Gasteiger partial charge in [-0.2, -0.15) is 0 Å². The van der Waals surface area contributed by atoms with Crippen LogP contribution in [0.2, 0.25) is 0 Å². The Labute approximate surface area is 165 Å². The maximum Gasteiger partial charge on any atom is 0.201 e. The summed E-state index contributed by atoms with van der Waals surface area (Å²) in [6, 6.07) is 7.84. The van der Waals surface area contributed by atoms with Crippen LogP contribution in [0.15, 0.2) is 23.2 Å². The molecular formula is C22H29N3O3. The topological polar surface area (TPSA) is 59.2 Å². The monoisotopic (exact) mass is 383 g/mol. The van der Waals surface area contributed by atoms with Crippen molar-refractivity contribution in [2.45, 2.75) is 51.2 Å². The molecule has 6 heteroatoms. The van der Waals surface area contributed by atoms with E-state index in [0.29, 0.717) is 44.3 Å². The largest absolute Gasteiger partial charge is 0.494 e. The number of aliphatic imine (C=N–C) groups is 1. The van der Waals surface area contributed by atoms with Crippen LogP contribution in [0, 0.1) is 0 Å². The lowest BCUT2D eigenvalue weighted by molar-refractivity contribution is 0.171. The maximum absolute atomic E-state index is 11.2. The molecule has 0 saturated carbocycles. The molecule has 3 atom stereocenters. The van der Waals surface area contributed by atoms with E-state index in [2.05, 4.69) is 46.5 Å². The first-order valence-corrected chi connectivity index (χ1v) is 10.5. The molecule has 5 rings (SSSR count). The Morgan fingerprint density at radius 3 is 2.57 bits per heavy atom. The zero-order valence-corrected chi connectivity index (χ0v) is 16.7. The van der Waals surface area contributed by atoms with E-state index < -0.39 is 0 Å². The van der Waals surface area contributed by atoms with Crippen LogP contribution in [0.5, 0.6) is 5.88 Å². The molecule has 1 aromatic carbocycles. The molecule has 4 heterocycles. The number of ether oxygens (including phenoxy) is 2. The lowest BCUT2D eigenvalue weighted by atomic mass is 10.1. The number of hydrogen-bond acceptors (Lipinski definition) is 5. The van der Waals surface area contributed by atoms with E-state index in [4.69, 9.17) is 9.47 Å². The van der Waals surface area contributed by atoms with Crippen molar-refractivity contribution in [1.82, 2.24) is 4.57 Å². The molecule has 0 bridgehead atoms. The predicted octanol–water partition coefficient (Wildman–Crippen LogP) is 3.50. The standard InChI is InChI=1S/C22H29N3O3/c1-14-3-4-15(2)24(14)16-5-6-20-18(11-16)21(19-13-28-10-8-23-19)22(26)25(20)17-7-9-27-12-17/h5-6,11,14-15,17,26H,3-4,7-10,12-13H2,1-2H3. The number of aromatic hydroxyl groups is 1. The SMILES string of the molecule is CC1CCC(C)N1c1ccc2c(c1)c(C1=NCCOC1)c(O)n2C1CCOC1. The summed E-state index contributed by atoms with van der Waals surface area (Å²) in [6.45, 7) is 7.72. The van der Waals surface area contributed by atoms with Gasteiger partial charge < -0.3 is 24.0 Å². The molecule has 2 fully saturated rings. The minimum Gasteiger partial charge on any atom is -0.494 e. The van der Waals surface area contributed by atoms with Gasteiger partial charge in [0, 0.05) is 29.8 Å². The van der Waals surface area contributed by atoms with Crippen molar-refractivity contribution in [3.8, 4) is 5.88 Å². The second-order valence-electron chi connectivity index (χ2n) is 8.35. The molecule has 2 saturated heterocycles. The molecule has 3 aliphatic heterocycles. The summed E-state index contributed by atoms with van der Waals surface area (Å²) >= 11 is 0. The third-order valence-electron chi connectivity index (χ3n) is 6.55. The van der Waals surface area contributed by atoms with Crippen molar-refractivity contribution in [2.24, 2.45) is 4.99 Å². The fraction of sp³-hybridized carbons (Fsp3) is 0.591. The Balaban J connectivity index is 1.69. The summed E-state index contributed by atoms with van der Waals surface area (Å²) in [5, 5.41) is 12.3. The van der Waals surface area contributed by atoms with Gasteiger partial charge in [-0.25, -0.2) is 0 Å². The Bertz CT molecular complexity index is 903. The summed E-state index contributed by atoms with van der Waals surface area (Å²) in [5.41, 5.74) is 3.97. The van der Waals surface area contributed by atoms with Crippen LogP contribution in [-0.2, 0) is 9.47 Å². The number of nitrogens with zero attached hydrogens (tertiary/aromatic N) is 3. The molecule has 3 unspecified atom stereocenters. The number of aromatic nitrogens is 1. The summed E-state index contributed by atoms with van der Waals surface area (Å²) in [4.78, 5) is 7.19. The van der Waals surface area contributed by atoms with Gasteiger partial charge in [0.1, 0.15) is 0 Å². The predicted molar refractivity (Wildman–Crippen MR) is 111 cm³/mol. The van der Waals surface area contributed by atoms with Gasteiger partial charge in [-0.15, -0.1) is 0 Å². The van der Waals surface area contributed by atoms with E-state index in [1.807, 2.05) is 0 Å². The third-order valence-corrected chi connectivity index (χ3v) is 6.55. The molecule has 28 heavy (non-hydrogen) atoms. The first kappa shape index (κ1) is 18.0. The number of anilines is 1. The molecule has 6 nitrogen and oxygen atoms in total. The van der Waals surface area contributed by atoms with E-state index in [1.54, 1.807) is 0 Å². The van der Waals surface area contributed by atoms with Crippen LogP contribution < -0.4 is 4.90 Å². The molecule has 3 aliphatic rings. The summed E-state index contributed by atoms with van der Waals surface area (Å²) in [5.74, 6) is 0.300. The van der Waals surface area contributed by atoms with E-state index in [0.717, 1.165) is 35.2 Å². The molecule has 150 valence electrons. The van der Waals surface area contributed by atoms with Gasteiger partial charge in [0.05, 0.1) is 49.2 Å². The van der Waals surface area contributed by atoms with Crippen LogP contribution in [0.4, 0.5) is 5.69 Å². The molecule has 0 radical (unpaired) electrons. The summed E-state index contributed by atoms with van der Waals surface area (Å²) < 4.78 is 13.3. The van der Waals surface area contributed by atoms with Crippen molar-refractivity contribution in [3.63, 3.8) is 0 Å². The highest BCUT2D eigenvalue weighted by molar-refractivity contribution is 6.14. The van der Waals surface area contributed by atoms with Gasteiger partial charge in [-0.1, -0.05) is 0 Å². The molecule has 0 aliphatic carbocycles. The van der Waals surface area contributed by atoms with E-state index in [9.17, 15) is 5.11 Å². The van der Waals surface area contributed by atoms with Gasteiger partial charge >= 0.3 is 0 Å². The molecule has 1 N–H and O–H groups in total. The van der Waals surface area contributed by atoms with Crippen molar-refractivity contribution in [3.05, 3.63) is 23.8 Å². The lowest BCUT2D eigenvalue weighted by Crippen LogP contribution is -2.32. The van der Waals surface area contributed by atoms with Gasteiger partial charge in [0.2, 0.25) is 5.88 Å². The van der Waals surface area contributed by atoms with Gasteiger partial charge in [0.15, 0.2) is 0 Å². The highest BCUT2D eigenvalue weighted by Gasteiger charge is 2.31. The Morgan fingerprint density at radius 1 is 1.07 bits per heavy atom. The highest BCUT2D eigenvalue weighted by atomic mass is 16.5. The zero-order chi connectivity index (χ0) is 19.3. The van der Waals surface area contributed by atoms with Crippen LogP contribution >= 0.6 is 0 Å². The first-order valence-electron chi connectivity index (χ1n) is 10.5. The van der Waals surface area contributed by atoms with Gasteiger partial charge in [-0.3, -0.25) is 4.99 Å². The van der Waals surface area contributed by atoms with Crippen LogP contribution in [0.25, 0.3) is 10.9 Å². The quantitative estimate of drug-likeness (QED) is 0.881. The van der Waals surface area contributed by atoms with Crippen molar-refractivity contribution in [1.29, 1.82) is 0 Å². The Kier molecular flexibility index (Phi) is 4.56. The lowest BCUT2D eigenvalue weighted by Gasteiger charge is -2.29. The normalized spacial score (nSPS) is 28.3. The fourth-order valence-corrected chi connectivity index (χ4v) is 5.14. The first-order chi connectivity index (χ1) is 13.6. The number of fused-ring (bicyclic) bond motifs is 1. The number of benzene rings is 1. The van der Waals surface area contributed by atoms with Crippen LogP contribution in [-0.4, -0.2) is 60.4 Å². The minimum atomic E-state index is 0.164. The summed E-state index contributed by atoms with van der Waals surface area (Å²) in [7, 11) is 0. The molecule has 0 amide bonds. The van der Waals surface area contributed by atoms with Crippen molar-refractivity contribution in [2.75, 3.05) is 37.9 Å². The van der Waals surface area contributed by atoms with Gasteiger partial charge in [0.25, 0.3) is 0 Å². The van der Waals surface area contributed by atoms with Crippen LogP contribution in [0.3, 0.4) is 0 Å². The minimum absolute atomic E-state index is 0.164. The van der Waals surface area contributed by atoms with E-state index in [-0.39, 0.29) is 6.04 Å². The Morgan fingerprint density at radius 2 is 1.89 bits per heavy atom. The van der Waals surface area contributed by atoms with E-state index in [1.165, 1.54) is 18.5 Å². The Hall–Kier alpha value is -2.05. The zero-order valence-electron chi connectivity index (χ0n) is 16.7. The number of hydrogen-bond donors (Lipinski definition) is 1. The maximum atomic E-state index is 11.2. The van der Waals surface area contributed by atoms with Gasteiger partial charge in [-0.05, 0) is 51.3 Å². The molecule has 1 aromatic heterocycles. The molecule has 2 aromatic rings. The number of rotatable bonds is 3. The van der Waals surface area contributed by atoms with Crippen molar-refractivity contribution < 1.29 is 14.6 Å². The second-order valence-corrected chi connectivity index (χ2v) is 8.35. The van der Waals surface area contributed by atoms with E-state index >= 15 is 0 Å². The summed E-state index contributed by atoms with van der Waals surface area (Å²) in [6.07, 6.45) is 3.36. The second kappa shape index (κ2) is 7.08.